The number of aromatic nitrogens is 2. The molecule has 0 saturated heterocycles. The van der Waals surface area contributed by atoms with Gasteiger partial charge >= 0.3 is 5.97 Å². The lowest BCUT2D eigenvalue weighted by Crippen LogP contribution is -2.34. The molecule has 0 aliphatic heterocycles. The van der Waals surface area contributed by atoms with Gasteiger partial charge in [-0.2, -0.15) is 5.10 Å². The molecule has 176 valence electrons. The lowest BCUT2D eigenvalue weighted by Gasteiger charge is -2.24. The third-order valence-corrected chi connectivity index (χ3v) is 5.73. The third kappa shape index (κ3) is 5.92. The molecule has 0 saturated carbocycles. The Morgan fingerprint density at radius 1 is 1.18 bits per heavy atom. The largest absolute Gasteiger partial charge is 0.478 e. The quantitative estimate of drug-likeness (QED) is 0.649. The number of nitrogens with one attached hydrogen (secondary N) is 1. The molecule has 0 fully saturated rings. The van der Waals surface area contributed by atoms with Crippen LogP contribution in [0.15, 0.2) is 54.3 Å². The molecule has 0 bridgehead atoms. The molecule has 7 nitrogen and oxygen atoms in total. The number of aryl methyl sites for hydroxylation is 1. The van der Waals surface area contributed by atoms with Gasteiger partial charge in [-0.05, 0) is 55.4 Å². The number of benzene rings is 1. The van der Waals surface area contributed by atoms with Crippen LogP contribution in [0.5, 0.6) is 0 Å². The van der Waals surface area contributed by atoms with Crippen LogP contribution in [0.25, 0.3) is 11.3 Å². The maximum absolute atomic E-state index is 12.8. The van der Waals surface area contributed by atoms with Gasteiger partial charge in [0.15, 0.2) is 5.60 Å². The van der Waals surface area contributed by atoms with Crippen molar-refractivity contribution in [1.29, 1.82) is 0 Å². The smallest absolute Gasteiger partial charge is 0.347 e. The van der Waals surface area contributed by atoms with Crippen LogP contribution in [0.2, 0.25) is 0 Å². The fourth-order valence-corrected chi connectivity index (χ4v) is 3.49. The topological polar surface area (TPSA) is 93.5 Å². The minimum atomic E-state index is -1.29. The first-order chi connectivity index (χ1) is 15.4. The number of ether oxygens (including phenoxy) is 1. The number of aliphatic carboxylic acids is 1. The second-order valence-corrected chi connectivity index (χ2v) is 9.95. The van der Waals surface area contributed by atoms with E-state index in [1.165, 1.54) is 19.4 Å². The third-order valence-electron chi connectivity index (χ3n) is 5.73. The second-order valence-electron chi connectivity index (χ2n) is 9.95. The van der Waals surface area contributed by atoms with Crippen LogP contribution in [0.4, 0.5) is 0 Å². The molecule has 0 spiro atoms. The van der Waals surface area contributed by atoms with Gasteiger partial charge in [-0.25, -0.2) is 4.79 Å². The minimum absolute atomic E-state index is 0.0792. The molecule has 2 aromatic rings. The Morgan fingerprint density at radius 3 is 2.39 bits per heavy atom. The number of hydrogen-bond donors (Lipinski definition) is 2. The summed E-state index contributed by atoms with van der Waals surface area (Å²) in [6.45, 7) is 10.0. The molecule has 0 radical (unpaired) electrons. The van der Waals surface area contributed by atoms with Crippen molar-refractivity contribution in [3.05, 3.63) is 65.6 Å². The van der Waals surface area contributed by atoms with Crippen molar-refractivity contribution in [3.8, 4) is 11.3 Å². The summed E-state index contributed by atoms with van der Waals surface area (Å²) in [4.78, 5) is 24.0. The highest BCUT2D eigenvalue weighted by molar-refractivity contribution is 5.93. The summed E-state index contributed by atoms with van der Waals surface area (Å²) in [6, 6.07) is 10.1. The number of nitrogens with zero attached hydrogens (tertiary/aromatic N) is 2. The number of carboxylic acid groups (broad SMARTS) is 1. The molecule has 1 atom stereocenters. The number of carboxylic acids is 1. The summed E-state index contributed by atoms with van der Waals surface area (Å²) in [6.07, 6.45) is 6.19. The Labute approximate surface area is 195 Å². The van der Waals surface area contributed by atoms with Crippen molar-refractivity contribution >= 4 is 11.9 Å². The molecule has 7 heteroatoms. The van der Waals surface area contributed by atoms with Gasteiger partial charge in [0, 0.05) is 19.2 Å². The Bertz CT molecular complexity index is 1090. The predicted octanol–water partition coefficient (Wildman–Crippen LogP) is 4.45. The molecule has 1 aliphatic rings. The normalized spacial score (nSPS) is 16.3. The molecule has 1 heterocycles. The van der Waals surface area contributed by atoms with Crippen molar-refractivity contribution in [3.63, 3.8) is 0 Å². The first kappa shape index (κ1) is 24.3. The maximum Gasteiger partial charge on any atom is 0.347 e. The second kappa shape index (κ2) is 9.25. The van der Waals surface area contributed by atoms with Crippen LogP contribution in [-0.2, 0) is 22.0 Å². The Hall–Kier alpha value is -3.35. The van der Waals surface area contributed by atoms with Crippen molar-refractivity contribution < 1.29 is 19.4 Å². The molecule has 1 aliphatic carbocycles. The lowest BCUT2D eigenvalue weighted by molar-refractivity contribution is -0.156. The van der Waals surface area contributed by atoms with Gasteiger partial charge < -0.3 is 15.2 Å². The monoisotopic (exact) mass is 451 g/mol. The summed E-state index contributed by atoms with van der Waals surface area (Å²) in [5, 5.41) is 16.7. The van der Waals surface area contributed by atoms with E-state index in [1.807, 2.05) is 24.3 Å². The van der Waals surface area contributed by atoms with Gasteiger partial charge in [0.25, 0.3) is 5.91 Å². The Morgan fingerprint density at radius 2 is 1.85 bits per heavy atom. The van der Waals surface area contributed by atoms with Gasteiger partial charge in [-0.1, -0.05) is 51.1 Å². The average molecular weight is 452 g/mol. The highest BCUT2D eigenvalue weighted by Gasteiger charge is 2.30. The SMILES string of the molecule is Cn1nc(-c2ccc(C(C)(C)C)cc2)cc1C(=O)NCC1C=CC(OC(C)(C)C(=O)O)=CC1. The lowest BCUT2D eigenvalue weighted by atomic mass is 9.86. The number of carbonyl (C=O) groups excluding carboxylic acids is 1. The van der Waals surface area contributed by atoms with E-state index in [-0.39, 0.29) is 17.2 Å². The highest BCUT2D eigenvalue weighted by Crippen LogP contribution is 2.26. The van der Waals surface area contributed by atoms with Crippen LogP contribution in [-0.4, -0.2) is 38.9 Å². The summed E-state index contributed by atoms with van der Waals surface area (Å²) in [5.41, 5.74) is 2.25. The molecule has 1 aromatic heterocycles. The van der Waals surface area contributed by atoms with Gasteiger partial charge in [0.2, 0.25) is 0 Å². The summed E-state index contributed by atoms with van der Waals surface area (Å²) in [7, 11) is 1.76. The fourth-order valence-electron chi connectivity index (χ4n) is 3.49. The number of hydrogen-bond acceptors (Lipinski definition) is 4. The van der Waals surface area contributed by atoms with Gasteiger partial charge in [-0.15, -0.1) is 0 Å². The summed E-state index contributed by atoms with van der Waals surface area (Å²) in [5.74, 6) is -0.577. The van der Waals surface area contributed by atoms with E-state index in [4.69, 9.17) is 4.74 Å². The van der Waals surface area contributed by atoms with E-state index >= 15 is 0 Å². The van der Waals surface area contributed by atoms with E-state index in [0.29, 0.717) is 24.4 Å². The average Bonchev–Trinajstić information content (AvgIpc) is 3.14. The van der Waals surface area contributed by atoms with Crippen LogP contribution in [0, 0.1) is 5.92 Å². The fraction of sp³-hybridized carbons (Fsp3) is 0.423. The van der Waals surface area contributed by atoms with Crippen LogP contribution >= 0.6 is 0 Å². The summed E-state index contributed by atoms with van der Waals surface area (Å²) < 4.78 is 7.14. The van der Waals surface area contributed by atoms with Crippen molar-refractivity contribution in [2.75, 3.05) is 6.54 Å². The molecule has 1 amide bonds. The molecule has 1 unspecified atom stereocenters. The van der Waals surface area contributed by atoms with Gasteiger partial charge in [0.05, 0.1) is 5.69 Å². The molecular weight excluding hydrogens is 418 g/mol. The van der Waals surface area contributed by atoms with Gasteiger partial charge in [0.1, 0.15) is 11.5 Å². The molecule has 2 N–H and O–H groups in total. The molecule has 3 rings (SSSR count). The highest BCUT2D eigenvalue weighted by atomic mass is 16.5. The maximum atomic E-state index is 12.8. The predicted molar refractivity (Wildman–Crippen MR) is 128 cm³/mol. The molecular formula is C26H33N3O4. The van der Waals surface area contributed by atoms with E-state index in [2.05, 4.69) is 43.3 Å². The Kier molecular flexibility index (Phi) is 6.81. The van der Waals surface area contributed by atoms with E-state index in [1.54, 1.807) is 23.9 Å². The van der Waals surface area contributed by atoms with E-state index in [9.17, 15) is 14.7 Å². The van der Waals surface area contributed by atoms with E-state index < -0.39 is 11.6 Å². The van der Waals surface area contributed by atoms with Crippen LogP contribution < -0.4 is 5.32 Å². The van der Waals surface area contributed by atoms with E-state index in [0.717, 1.165) is 11.3 Å². The van der Waals surface area contributed by atoms with Crippen molar-refractivity contribution in [1.82, 2.24) is 15.1 Å². The number of carbonyl (C=O) groups is 2. The van der Waals surface area contributed by atoms with Crippen LogP contribution in [0.1, 0.15) is 57.1 Å². The number of allylic oxidation sites excluding steroid dienone is 2. The van der Waals surface area contributed by atoms with Crippen molar-refractivity contribution in [2.24, 2.45) is 13.0 Å². The number of rotatable bonds is 7. The zero-order valence-electron chi connectivity index (χ0n) is 20.2. The molecule has 1 aromatic carbocycles. The van der Waals surface area contributed by atoms with Gasteiger partial charge in [-0.3, -0.25) is 9.48 Å². The first-order valence-corrected chi connectivity index (χ1v) is 11.1. The Balaban J connectivity index is 1.58. The van der Waals surface area contributed by atoms with Crippen LogP contribution in [0.3, 0.4) is 0 Å². The first-order valence-electron chi connectivity index (χ1n) is 11.1. The van der Waals surface area contributed by atoms with Crippen molar-refractivity contribution in [2.45, 2.75) is 52.1 Å². The zero-order chi connectivity index (χ0) is 24.4. The minimum Gasteiger partial charge on any atom is -0.478 e. The summed E-state index contributed by atoms with van der Waals surface area (Å²) >= 11 is 0. The molecule has 33 heavy (non-hydrogen) atoms. The number of amides is 1. The standard InChI is InChI=1S/C26H33N3O4/c1-25(2,3)19-11-9-18(10-12-19)21-15-22(29(6)28-21)23(30)27-16-17-7-13-20(14-8-17)33-26(4,5)24(31)32/h7,9-15,17H,8,16H2,1-6H3,(H,27,30)(H,31,32). The zero-order valence-corrected chi connectivity index (χ0v) is 20.2.